The molecular weight excluding hydrogens is 316 g/mol. The number of hydrogen-bond acceptors (Lipinski definition) is 5. The van der Waals surface area contributed by atoms with Crippen LogP contribution >= 0.6 is 15.9 Å². The van der Waals surface area contributed by atoms with Gasteiger partial charge in [0.25, 0.3) is 0 Å². The number of amides is 1. The summed E-state index contributed by atoms with van der Waals surface area (Å²) < 4.78 is 10.6. The number of rotatable bonds is 8. The Hall–Kier alpha value is -1.31. The van der Waals surface area contributed by atoms with Crippen molar-refractivity contribution in [1.82, 2.24) is 5.32 Å². The van der Waals surface area contributed by atoms with Crippen LogP contribution in [-0.2, 0) is 16.1 Å². The van der Waals surface area contributed by atoms with E-state index in [0.29, 0.717) is 29.9 Å². The summed E-state index contributed by atoms with van der Waals surface area (Å²) in [6.45, 7) is 1.52. The molecule has 1 aromatic carbocycles. The van der Waals surface area contributed by atoms with E-state index in [-0.39, 0.29) is 12.4 Å². The Balaban J connectivity index is 2.37. The van der Waals surface area contributed by atoms with Crippen LogP contribution in [0.5, 0.6) is 11.5 Å². The van der Waals surface area contributed by atoms with Gasteiger partial charge in [-0.3, -0.25) is 4.79 Å². The van der Waals surface area contributed by atoms with Gasteiger partial charge in [0, 0.05) is 13.1 Å². The molecule has 0 fully saturated rings. The first-order chi connectivity index (χ1) is 9.04. The predicted octanol–water partition coefficient (Wildman–Crippen LogP) is 0.755. The number of halogens is 1. The van der Waals surface area contributed by atoms with Gasteiger partial charge in [-0.05, 0) is 33.6 Å². The van der Waals surface area contributed by atoms with Crippen molar-refractivity contribution in [3.05, 3.63) is 22.2 Å². The lowest BCUT2D eigenvalue weighted by Gasteiger charge is -2.10. The molecule has 7 heteroatoms. The number of benzene rings is 1. The van der Waals surface area contributed by atoms with Gasteiger partial charge < -0.3 is 25.6 Å². The fourth-order valence-electron chi connectivity index (χ4n) is 1.43. The monoisotopic (exact) mass is 332 g/mol. The average molecular weight is 333 g/mol. The molecule has 0 saturated heterocycles. The Kier molecular flexibility index (Phi) is 6.61. The third kappa shape index (κ3) is 5.46. The first-order valence-corrected chi connectivity index (χ1v) is 6.46. The fraction of sp³-hybridized carbons (Fsp3) is 0.417. The molecule has 0 aromatic heterocycles. The van der Waals surface area contributed by atoms with Crippen molar-refractivity contribution in [2.75, 3.05) is 26.9 Å². The molecule has 0 unspecified atom stereocenters. The van der Waals surface area contributed by atoms with Gasteiger partial charge in [-0.1, -0.05) is 0 Å². The number of nitrogens with one attached hydrogen (secondary N) is 1. The number of phenols is 1. The molecule has 0 radical (unpaired) electrons. The molecular formula is C12H17BrN2O4. The highest BCUT2D eigenvalue weighted by Gasteiger charge is 2.08. The Bertz CT molecular complexity index is 440. The molecule has 1 aromatic rings. The molecule has 0 aliphatic heterocycles. The number of carbonyl (C=O) groups excluding carboxylic acids is 1. The Labute approximate surface area is 120 Å². The van der Waals surface area contributed by atoms with Gasteiger partial charge in [-0.25, -0.2) is 0 Å². The maximum absolute atomic E-state index is 10.4. The quantitative estimate of drug-likeness (QED) is 0.611. The average Bonchev–Trinajstić information content (AvgIpc) is 2.37. The van der Waals surface area contributed by atoms with Crippen molar-refractivity contribution in [1.29, 1.82) is 0 Å². The highest BCUT2D eigenvalue weighted by Crippen LogP contribution is 2.35. The SMILES string of the molecule is COc1cc(CNCCOCC(N)=O)cc(Br)c1O. The standard InChI is InChI=1S/C12H17BrN2O4/c1-18-10-5-8(4-9(13)12(10)17)6-15-2-3-19-7-11(14)16/h4-5,15,17H,2-3,6-7H2,1H3,(H2,14,16). The largest absolute Gasteiger partial charge is 0.503 e. The highest BCUT2D eigenvalue weighted by atomic mass is 79.9. The van der Waals surface area contributed by atoms with Crippen LogP contribution in [0.4, 0.5) is 0 Å². The van der Waals surface area contributed by atoms with Crippen LogP contribution in [0.15, 0.2) is 16.6 Å². The molecule has 1 rings (SSSR count). The van der Waals surface area contributed by atoms with Gasteiger partial charge in [0.1, 0.15) is 6.61 Å². The summed E-state index contributed by atoms with van der Waals surface area (Å²) >= 11 is 3.25. The third-order valence-corrected chi connectivity index (χ3v) is 2.91. The van der Waals surface area contributed by atoms with Crippen LogP contribution in [0.1, 0.15) is 5.56 Å². The van der Waals surface area contributed by atoms with E-state index < -0.39 is 5.91 Å². The zero-order chi connectivity index (χ0) is 14.3. The maximum Gasteiger partial charge on any atom is 0.243 e. The Morgan fingerprint density at radius 1 is 1.53 bits per heavy atom. The van der Waals surface area contributed by atoms with E-state index in [1.807, 2.05) is 0 Å². The molecule has 0 aliphatic carbocycles. The van der Waals surface area contributed by atoms with E-state index in [2.05, 4.69) is 21.2 Å². The van der Waals surface area contributed by atoms with Gasteiger partial charge in [-0.2, -0.15) is 0 Å². The van der Waals surface area contributed by atoms with Gasteiger partial charge in [-0.15, -0.1) is 0 Å². The second-order valence-electron chi connectivity index (χ2n) is 3.82. The topological polar surface area (TPSA) is 93.8 Å². The fourth-order valence-corrected chi connectivity index (χ4v) is 1.92. The van der Waals surface area contributed by atoms with Crippen molar-refractivity contribution in [2.24, 2.45) is 5.73 Å². The first kappa shape index (κ1) is 15.7. The van der Waals surface area contributed by atoms with Crippen LogP contribution < -0.4 is 15.8 Å². The minimum absolute atomic E-state index is 0.0692. The second kappa shape index (κ2) is 7.98. The maximum atomic E-state index is 10.4. The number of ether oxygens (including phenoxy) is 2. The third-order valence-electron chi connectivity index (χ3n) is 2.30. The van der Waals surface area contributed by atoms with Gasteiger partial charge in [0.15, 0.2) is 11.5 Å². The van der Waals surface area contributed by atoms with Gasteiger partial charge in [0.2, 0.25) is 5.91 Å². The summed E-state index contributed by atoms with van der Waals surface area (Å²) in [6.07, 6.45) is 0. The van der Waals surface area contributed by atoms with E-state index in [9.17, 15) is 9.90 Å². The molecule has 19 heavy (non-hydrogen) atoms. The Morgan fingerprint density at radius 2 is 2.26 bits per heavy atom. The van der Waals surface area contributed by atoms with E-state index in [0.717, 1.165) is 5.56 Å². The lowest BCUT2D eigenvalue weighted by Crippen LogP contribution is -2.23. The highest BCUT2D eigenvalue weighted by molar-refractivity contribution is 9.10. The lowest BCUT2D eigenvalue weighted by atomic mass is 10.2. The number of aromatic hydroxyl groups is 1. The number of primary amides is 1. The number of carbonyl (C=O) groups is 1. The van der Waals surface area contributed by atoms with Crippen LogP contribution in [0.25, 0.3) is 0 Å². The molecule has 4 N–H and O–H groups in total. The minimum atomic E-state index is -0.479. The molecule has 0 saturated carbocycles. The minimum Gasteiger partial charge on any atom is -0.503 e. The van der Waals surface area contributed by atoms with Crippen LogP contribution in [0.3, 0.4) is 0 Å². The summed E-state index contributed by atoms with van der Waals surface area (Å²) in [5.41, 5.74) is 5.89. The summed E-state index contributed by atoms with van der Waals surface area (Å²) in [4.78, 5) is 10.4. The summed E-state index contributed by atoms with van der Waals surface area (Å²) in [6, 6.07) is 3.55. The number of methoxy groups -OCH3 is 1. The molecule has 0 atom stereocenters. The molecule has 1 amide bonds. The molecule has 0 bridgehead atoms. The number of nitrogens with two attached hydrogens (primary N) is 1. The normalized spacial score (nSPS) is 10.4. The van der Waals surface area contributed by atoms with Gasteiger partial charge in [0.05, 0.1) is 18.2 Å². The first-order valence-electron chi connectivity index (χ1n) is 5.66. The molecule has 106 valence electrons. The summed E-state index contributed by atoms with van der Waals surface area (Å²) in [5.74, 6) is 0.0133. The lowest BCUT2D eigenvalue weighted by molar-refractivity contribution is -0.122. The van der Waals surface area contributed by atoms with Crippen LogP contribution in [0.2, 0.25) is 0 Å². The number of hydrogen-bond donors (Lipinski definition) is 3. The van der Waals surface area contributed by atoms with Crippen LogP contribution in [-0.4, -0.2) is 37.9 Å². The van der Waals surface area contributed by atoms with Crippen molar-refractivity contribution in [2.45, 2.75) is 6.54 Å². The summed E-state index contributed by atoms with van der Waals surface area (Å²) in [7, 11) is 1.50. The molecule has 6 nitrogen and oxygen atoms in total. The smallest absolute Gasteiger partial charge is 0.243 e. The van der Waals surface area contributed by atoms with E-state index >= 15 is 0 Å². The zero-order valence-electron chi connectivity index (χ0n) is 10.6. The van der Waals surface area contributed by atoms with Crippen molar-refractivity contribution in [3.8, 4) is 11.5 Å². The van der Waals surface area contributed by atoms with E-state index in [4.69, 9.17) is 15.2 Å². The molecule has 0 spiro atoms. The molecule has 0 aliphatic rings. The Morgan fingerprint density at radius 3 is 2.89 bits per heavy atom. The zero-order valence-corrected chi connectivity index (χ0v) is 12.2. The predicted molar refractivity (Wildman–Crippen MR) is 74.1 cm³/mol. The van der Waals surface area contributed by atoms with Crippen LogP contribution in [0, 0.1) is 0 Å². The van der Waals surface area contributed by atoms with E-state index in [1.54, 1.807) is 12.1 Å². The van der Waals surface area contributed by atoms with E-state index in [1.165, 1.54) is 7.11 Å². The van der Waals surface area contributed by atoms with Crippen molar-refractivity contribution < 1.29 is 19.4 Å². The molecule has 0 heterocycles. The second-order valence-corrected chi connectivity index (χ2v) is 4.68. The van der Waals surface area contributed by atoms with Gasteiger partial charge >= 0.3 is 0 Å². The number of phenolic OH excluding ortho intramolecular Hbond substituents is 1. The van der Waals surface area contributed by atoms with Crippen molar-refractivity contribution in [3.63, 3.8) is 0 Å². The van der Waals surface area contributed by atoms with Crippen molar-refractivity contribution >= 4 is 21.8 Å². The summed E-state index contributed by atoms with van der Waals surface area (Å²) in [5, 5.41) is 12.8.